The molecule has 0 atom stereocenters. The maximum absolute atomic E-state index is 13.2. The summed E-state index contributed by atoms with van der Waals surface area (Å²) in [5.41, 5.74) is 1.79. The first-order valence-corrected chi connectivity index (χ1v) is 11.3. The Balaban J connectivity index is 1.61. The van der Waals surface area contributed by atoms with Crippen LogP contribution in [0, 0.1) is 17.1 Å². The van der Waals surface area contributed by atoms with Crippen molar-refractivity contribution >= 4 is 5.97 Å². The lowest BCUT2D eigenvalue weighted by molar-refractivity contribution is 0.0516. The second kappa shape index (κ2) is 11.7. The lowest BCUT2D eigenvalue weighted by Crippen LogP contribution is -2.09. The number of benzene rings is 3. The van der Waals surface area contributed by atoms with Crippen LogP contribution in [0.5, 0.6) is 23.1 Å². The molecule has 0 N–H and O–H groups in total. The van der Waals surface area contributed by atoms with E-state index in [-0.39, 0.29) is 54.2 Å². The molecule has 4 rings (SSSR count). The molecule has 9 nitrogen and oxygen atoms in total. The van der Waals surface area contributed by atoms with Gasteiger partial charge in [-0.3, -0.25) is 0 Å². The number of esters is 1. The van der Waals surface area contributed by atoms with E-state index in [0.717, 1.165) is 11.1 Å². The van der Waals surface area contributed by atoms with Gasteiger partial charge < -0.3 is 18.9 Å². The number of aromatic nitrogens is 3. The lowest BCUT2D eigenvalue weighted by Gasteiger charge is -2.13. The van der Waals surface area contributed by atoms with E-state index in [4.69, 9.17) is 18.9 Å². The second-order valence-corrected chi connectivity index (χ2v) is 7.76. The highest BCUT2D eigenvalue weighted by Gasteiger charge is 2.24. The normalized spacial score (nSPS) is 10.4. The Morgan fingerprint density at radius 3 is 2.41 bits per heavy atom. The fourth-order valence-electron chi connectivity index (χ4n) is 3.37. The van der Waals surface area contributed by atoms with Gasteiger partial charge in [0.15, 0.2) is 0 Å². The topological polar surface area (TPSA) is 108 Å². The highest BCUT2D eigenvalue weighted by Crippen LogP contribution is 2.31. The van der Waals surface area contributed by atoms with Gasteiger partial charge in [0.2, 0.25) is 5.69 Å². The fraction of sp³-hybridized carbons (Fsp3) is 0.185. The summed E-state index contributed by atoms with van der Waals surface area (Å²) in [6.45, 7) is 2.22. The van der Waals surface area contributed by atoms with E-state index in [1.165, 1.54) is 28.9 Å². The maximum Gasteiger partial charge on any atom is 0.364 e. The molecule has 0 aliphatic heterocycles. The Kier molecular flexibility index (Phi) is 7.95. The Morgan fingerprint density at radius 1 is 1.03 bits per heavy atom. The van der Waals surface area contributed by atoms with Gasteiger partial charge in [0, 0.05) is 6.07 Å². The average Bonchev–Trinajstić information content (AvgIpc) is 3.31. The molecule has 0 saturated carbocycles. The number of nitriles is 1. The standard InChI is InChI=1S/C27H23FN4O5/c1-3-35-27(33)25-26(32(31-30-25)16-18-6-11-22(34-2)12-7-18)37-23-13-8-20(15-29)24(14-23)36-17-19-4-9-21(28)10-5-19/h4-14H,3,16-17H2,1-2H3. The van der Waals surface area contributed by atoms with Crippen LogP contribution in [0.3, 0.4) is 0 Å². The van der Waals surface area contributed by atoms with Crippen LogP contribution in [0.1, 0.15) is 34.1 Å². The summed E-state index contributed by atoms with van der Waals surface area (Å²) < 4.78 is 36.8. The van der Waals surface area contributed by atoms with Gasteiger partial charge in [-0.05, 0) is 54.4 Å². The molecule has 4 aromatic rings. The van der Waals surface area contributed by atoms with Crippen LogP contribution in [0.15, 0.2) is 66.7 Å². The number of carbonyl (C=O) groups is 1. The smallest absolute Gasteiger partial charge is 0.364 e. The average molecular weight is 503 g/mol. The zero-order valence-corrected chi connectivity index (χ0v) is 20.2. The lowest BCUT2D eigenvalue weighted by atomic mass is 10.2. The van der Waals surface area contributed by atoms with Gasteiger partial charge in [0.05, 0.1) is 25.8 Å². The SMILES string of the molecule is CCOC(=O)c1nnn(Cc2ccc(OC)cc2)c1Oc1ccc(C#N)c(OCc2ccc(F)cc2)c1. The summed E-state index contributed by atoms with van der Waals surface area (Å²) in [7, 11) is 1.58. The first-order chi connectivity index (χ1) is 18.0. The molecule has 0 spiro atoms. The summed E-state index contributed by atoms with van der Waals surface area (Å²) in [6.07, 6.45) is 0. The zero-order chi connectivity index (χ0) is 26.2. The summed E-state index contributed by atoms with van der Waals surface area (Å²) in [5, 5.41) is 17.6. The Hall–Kier alpha value is -4.91. The van der Waals surface area contributed by atoms with Crippen molar-refractivity contribution in [2.24, 2.45) is 0 Å². The largest absolute Gasteiger partial charge is 0.497 e. The summed E-state index contributed by atoms with van der Waals surface area (Å²) in [5.74, 6) is 0.294. The van der Waals surface area contributed by atoms with Gasteiger partial charge in [-0.25, -0.2) is 13.9 Å². The van der Waals surface area contributed by atoms with Crippen molar-refractivity contribution in [2.75, 3.05) is 13.7 Å². The first-order valence-electron chi connectivity index (χ1n) is 11.3. The molecule has 0 saturated heterocycles. The summed E-state index contributed by atoms with van der Waals surface area (Å²) in [6, 6.07) is 19.9. The van der Waals surface area contributed by atoms with Crippen molar-refractivity contribution in [3.05, 3.63) is 94.9 Å². The van der Waals surface area contributed by atoms with Crippen molar-refractivity contribution in [3.63, 3.8) is 0 Å². The van der Waals surface area contributed by atoms with Crippen LogP contribution in [0.4, 0.5) is 4.39 Å². The number of methoxy groups -OCH3 is 1. The molecule has 0 bridgehead atoms. The monoisotopic (exact) mass is 502 g/mol. The molecule has 0 aliphatic carbocycles. The van der Waals surface area contributed by atoms with Crippen molar-refractivity contribution in [3.8, 4) is 29.2 Å². The van der Waals surface area contributed by atoms with Gasteiger partial charge in [-0.2, -0.15) is 5.26 Å². The van der Waals surface area contributed by atoms with Crippen LogP contribution in [0.2, 0.25) is 0 Å². The molecular weight excluding hydrogens is 479 g/mol. The predicted octanol–water partition coefficient (Wildman–Crippen LogP) is 4.89. The number of nitrogens with zero attached hydrogens (tertiary/aromatic N) is 4. The fourth-order valence-corrected chi connectivity index (χ4v) is 3.37. The van der Waals surface area contributed by atoms with E-state index in [1.54, 1.807) is 32.2 Å². The van der Waals surface area contributed by atoms with E-state index in [0.29, 0.717) is 5.75 Å². The molecule has 0 radical (unpaired) electrons. The van der Waals surface area contributed by atoms with Crippen molar-refractivity contribution in [2.45, 2.75) is 20.1 Å². The Bertz CT molecular complexity index is 1410. The van der Waals surface area contributed by atoms with E-state index in [9.17, 15) is 14.4 Å². The number of hydrogen-bond acceptors (Lipinski definition) is 8. The van der Waals surface area contributed by atoms with Gasteiger partial charge in [-0.1, -0.05) is 29.5 Å². The third kappa shape index (κ3) is 6.21. The molecule has 0 amide bonds. The molecule has 0 unspecified atom stereocenters. The maximum atomic E-state index is 13.2. The number of ether oxygens (including phenoxy) is 4. The van der Waals surface area contributed by atoms with E-state index < -0.39 is 5.97 Å². The number of halogens is 1. The minimum absolute atomic E-state index is 0.0726. The second-order valence-electron chi connectivity index (χ2n) is 7.76. The van der Waals surface area contributed by atoms with Gasteiger partial charge in [-0.15, -0.1) is 5.10 Å². The third-order valence-corrected chi connectivity index (χ3v) is 5.25. The van der Waals surface area contributed by atoms with Crippen molar-refractivity contribution in [1.29, 1.82) is 5.26 Å². The molecule has 0 fully saturated rings. The molecule has 1 aromatic heterocycles. The number of hydrogen-bond donors (Lipinski definition) is 0. The van der Waals surface area contributed by atoms with Crippen LogP contribution in [-0.4, -0.2) is 34.7 Å². The number of carbonyl (C=O) groups excluding carboxylic acids is 1. The number of rotatable bonds is 10. The molecular formula is C27H23FN4O5. The van der Waals surface area contributed by atoms with E-state index in [1.807, 2.05) is 24.3 Å². The summed E-state index contributed by atoms with van der Waals surface area (Å²) >= 11 is 0. The van der Waals surface area contributed by atoms with Crippen LogP contribution in [-0.2, 0) is 17.9 Å². The molecule has 188 valence electrons. The molecule has 37 heavy (non-hydrogen) atoms. The molecule has 0 aliphatic rings. The van der Waals surface area contributed by atoms with E-state index >= 15 is 0 Å². The van der Waals surface area contributed by atoms with Crippen LogP contribution in [0.25, 0.3) is 0 Å². The quantitative estimate of drug-likeness (QED) is 0.282. The van der Waals surface area contributed by atoms with Crippen molar-refractivity contribution in [1.82, 2.24) is 15.0 Å². The Labute approximate surface area is 212 Å². The van der Waals surface area contributed by atoms with Crippen LogP contribution >= 0.6 is 0 Å². The minimum atomic E-state index is -0.681. The first kappa shape index (κ1) is 25.2. The molecule has 1 heterocycles. The zero-order valence-electron chi connectivity index (χ0n) is 20.2. The van der Waals surface area contributed by atoms with Crippen LogP contribution < -0.4 is 14.2 Å². The Morgan fingerprint density at radius 2 is 1.73 bits per heavy atom. The van der Waals surface area contributed by atoms with Gasteiger partial charge in [0.25, 0.3) is 5.88 Å². The highest BCUT2D eigenvalue weighted by molar-refractivity contribution is 5.89. The van der Waals surface area contributed by atoms with Gasteiger partial charge >= 0.3 is 5.97 Å². The predicted molar refractivity (Wildman–Crippen MR) is 130 cm³/mol. The highest BCUT2D eigenvalue weighted by atomic mass is 19.1. The molecule has 3 aromatic carbocycles. The van der Waals surface area contributed by atoms with Gasteiger partial charge in [0.1, 0.15) is 35.7 Å². The summed E-state index contributed by atoms with van der Waals surface area (Å²) in [4.78, 5) is 12.5. The van der Waals surface area contributed by atoms with E-state index in [2.05, 4.69) is 16.4 Å². The van der Waals surface area contributed by atoms with Crippen molar-refractivity contribution < 1.29 is 28.1 Å². The minimum Gasteiger partial charge on any atom is -0.497 e. The third-order valence-electron chi connectivity index (χ3n) is 5.25. The molecule has 10 heteroatoms.